The van der Waals surface area contributed by atoms with Gasteiger partial charge in [0, 0.05) is 27.7 Å². The number of nitriles is 1. The first kappa shape index (κ1) is 13.7. The molecule has 2 N–H and O–H groups in total. The lowest BCUT2D eigenvalue weighted by molar-refractivity contribution is -0.138. The maximum absolute atomic E-state index is 11.8. The zero-order chi connectivity index (χ0) is 15.0. The molecule has 0 radical (unpaired) electrons. The normalized spacial score (nSPS) is 13.1. The van der Waals surface area contributed by atoms with Crippen molar-refractivity contribution in [3.8, 4) is 6.07 Å². The molecular formula is C15H12BrN3O2. The van der Waals surface area contributed by atoms with Crippen molar-refractivity contribution in [1.29, 1.82) is 5.26 Å². The third-order valence-electron chi connectivity index (χ3n) is 3.40. The second kappa shape index (κ2) is 5.26. The van der Waals surface area contributed by atoms with Gasteiger partial charge < -0.3 is 15.0 Å². The average molecular weight is 346 g/mol. The summed E-state index contributed by atoms with van der Waals surface area (Å²) in [6.45, 7) is 2.61. The molecule has 0 spiro atoms. The number of esters is 1. The van der Waals surface area contributed by atoms with Gasteiger partial charge in [0.05, 0.1) is 17.7 Å². The summed E-state index contributed by atoms with van der Waals surface area (Å²) >= 11 is 3.52. The fraction of sp³-hybridized carbons (Fsp3) is 0.200. The Labute approximate surface area is 129 Å². The van der Waals surface area contributed by atoms with Gasteiger partial charge >= 0.3 is 5.97 Å². The first-order valence-electron chi connectivity index (χ1n) is 6.51. The van der Waals surface area contributed by atoms with E-state index >= 15 is 0 Å². The molecule has 0 aliphatic carbocycles. The van der Waals surface area contributed by atoms with Crippen LogP contribution in [0.3, 0.4) is 0 Å². The Balaban J connectivity index is 2.17. The van der Waals surface area contributed by atoms with E-state index in [0.29, 0.717) is 24.4 Å². The summed E-state index contributed by atoms with van der Waals surface area (Å²) in [7, 11) is 0. The highest BCUT2D eigenvalue weighted by atomic mass is 79.9. The third-order valence-corrected chi connectivity index (χ3v) is 4.06. The molecule has 0 unspecified atom stereocenters. The van der Waals surface area contributed by atoms with Gasteiger partial charge in [0.15, 0.2) is 0 Å². The summed E-state index contributed by atoms with van der Waals surface area (Å²) in [5, 5.41) is 13.2. The minimum absolute atomic E-state index is 0.335. The summed E-state index contributed by atoms with van der Waals surface area (Å²) in [6, 6.07) is 5.80. The number of H-pyrrole nitrogens is 1. The SMILES string of the molecule is CCOC(=O)C1=Cc2[nH]c3c(C#N)ccc(Br)c3c2CN1. The van der Waals surface area contributed by atoms with Crippen molar-refractivity contribution in [1.82, 2.24) is 10.3 Å². The number of hydrogen-bond acceptors (Lipinski definition) is 4. The van der Waals surface area contributed by atoms with Gasteiger partial charge in [0.25, 0.3) is 0 Å². The fourth-order valence-corrected chi connectivity index (χ4v) is 3.04. The van der Waals surface area contributed by atoms with Crippen molar-refractivity contribution in [2.75, 3.05) is 6.61 Å². The third kappa shape index (κ3) is 2.20. The van der Waals surface area contributed by atoms with Crippen LogP contribution in [0.1, 0.15) is 23.7 Å². The molecule has 1 aliphatic rings. The number of halogens is 1. The maximum atomic E-state index is 11.8. The molecule has 6 heteroatoms. The number of nitrogens with zero attached hydrogens (tertiary/aromatic N) is 1. The van der Waals surface area contributed by atoms with Crippen molar-refractivity contribution in [3.05, 3.63) is 39.1 Å². The Bertz CT molecular complexity index is 814. The van der Waals surface area contributed by atoms with Crippen LogP contribution < -0.4 is 5.32 Å². The lowest BCUT2D eigenvalue weighted by Crippen LogP contribution is -2.24. The van der Waals surface area contributed by atoms with E-state index < -0.39 is 0 Å². The maximum Gasteiger partial charge on any atom is 0.354 e. The first-order valence-corrected chi connectivity index (χ1v) is 7.30. The Morgan fingerprint density at radius 1 is 1.52 bits per heavy atom. The topological polar surface area (TPSA) is 77.9 Å². The van der Waals surface area contributed by atoms with Crippen LogP contribution in [0.4, 0.5) is 0 Å². The predicted octanol–water partition coefficient (Wildman–Crippen LogP) is 2.81. The molecule has 2 heterocycles. The Morgan fingerprint density at radius 3 is 3.05 bits per heavy atom. The fourth-order valence-electron chi connectivity index (χ4n) is 2.47. The first-order chi connectivity index (χ1) is 10.2. The second-order valence-electron chi connectivity index (χ2n) is 4.61. The van der Waals surface area contributed by atoms with Crippen LogP contribution in [0.25, 0.3) is 17.0 Å². The standard InChI is InChI=1S/C15H12BrN3O2/c1-2-21-15(20)12-5-11-9(7-18-12)13-10(16)4-3-8(6-17)14(13)19-11/h3-5,18-19H,2,7H2,1H3. The lowest BCUT2D eigenvalue weighted by Gasteiger charge is -2.15. The van der Waals surface area contributed by atoms with Crippen LogP contribution >= 0.6 is 15.9 Å². The molecule has 106 valence electrons. The minimum Gasteiger partial charge on any atom is -0.461 e. The van der Waals surface area contributed by atoms with Crippen molar-refractivity contribution in [2.24, 2.45) is 0 Å². The molecule has 2 aromatic rings. The molecule has 0 saturated carbocycles. The molecule has 1 aromatic carbocycles. The van der Waals surface area contributed by atoms with Gasteiger partial charge in [-0.3, -0.25) is 0 Å². The van der Waals surface area contributed by atoms with Gasteiger partial charge in [-0.15, -0.1) is 0 Å². The van der Waals surface area contributed by atoms with Crippen molar-refractivity contribution in [2.45, 2.75) is 13.5 Å². The average Bonchev–Trinajstić information content (AvgIpc) is 2.87. The van der Waals surface area contributed by atoms with Crippen LogP contribution in [0.2, 0.25) is 0 Å². The monoisotopic (exact) mass is 345 g/mol. The molecular weight excluding hydrogens is 334 g/mol. The summed E-state index contributed by atoms with van der Waals surface area (Å²) < 4.78 is 5.91. The number of hydrogen-bond donors (Lipinski definition) is 2. The van der Waals surface area contributed by atoms with Crippen LogP contribution in [0, 0.1) is 11.3 Å². The van der Waals surface area contributed by atoms with E-state index in [1.807, 2.05) is 6.07 Å². The highest BCUT2D eigenvalue weighted by Crippen LogP contribution is 2.34. The highest BCUT2D eigenvalue weighted by molar-refractivity contribution is 9.10. The van der Waals surface area contributed by atoms with E-state index in [0.717, 1.165) is 26.6 Å². The van der Waals surface area contributed by atoms with Crippen LogP contribution in [-0.2, 0) is 16.1 Å². The Kier molecular flexibility index (Phi) is 3.43. The number of carbonyl (C=O) groups excluding carboxylic acids is 1. The number of carbonyl (C=O) groups is 1. The Morgan fingerprint density at radius 2 is 2.33 bits per heavy atom. The summed E-state index contributed by atoms with van der Waals surface area (Å²) in [4.78, 5) is 15.0. The molecule has 3 rings (SSSR count). The van der Waals surface area contributed by atoms with Crippen molar-refractivity contribution < 1.29 is 9.53 Å². The van der Waals surface area contributed by atoms with Gasteiger partial charge in [-0.2, -0.15) is 5.26 Å². The van der Waals surface area contributed by atoms with Crippen LogP contribution in [0.5, 0.6) is 0 Å². The molecule has 21 heavy (non-hydrogen) atoms. The zero-order valence-electron chi connectivity index (χ0n) is 11.3. The van der Waals surface area contributed by atoms with Gasteiger partial charge in [-0.05, 0) is 25.1 Å². The molecule has 1 aliphatic heterocycles. The highest BCUT2D eigenvalue weighted by Gasteiger charge is 2.22. The van der Waals surface area contributed by atoms with Gasteiger partial charge in [0.1, 0.15) is 11.8 Å². The smallest absolute Gasteiger partial charge is 0.354 e. The number of benzene rings is 1. The molecule has 5 nitrogen and oxygen atoms in total. The van der Waals surface area contributed by atoms with Crippen LogP contribution in [-0.4, -0.2) is 17.6 Å². The summed E-state index contributed by atoms with van der Waals surface area (Å²) in [6.07, 6.45) is 1.73. The Hall–Kier alpha value is -2.26. The van der Waals surface area contributed by atoms with Crippen molar-refractivity contribution >= 4 is 38.9 Å². The quantitative estimate of drug-likeness (QED) is 0.820. The lowest BCUT2D eigenvalue weighted by atomic mass is 10.1. The van der Waals surface area contributed by atoms with Gasteiger partial charge in [-0.25, -0.2) is 4.79 Å². The van der Waals surface area contributed by atoms with E-state index in [1.54, 1.807) is 19.1 Å². The molecule has 0 bridgehead atoms. The largest absolute Gasteiger partial charge is 0.461 e. The summed E-state index contributed by atoms with van der Waals surface area (Å²) in [5.74, 6) is -0.374. The molecule has 1 aromatic heterocycles. The minimum atomic E-state index is -0.374. The molecule has 0 fully saturated rings. The number of nitrogens with one attached hydrogen (secondary N) is 2. The number of ether oxygens (including phenoxy) is 1. The van der Waals surface area contributed by atoms with Gasteiger partial charge in [0.2, 0.25) is 0 Å². The number of aromatic nitrogens is 1. The molecule has 0 saturated heterocycles. The second-order valence-corrected chi connectivity index (χ2v) is 5.46. The van der Waals surface area contributed by atoms with Gasteiger partial charge in [-0.1, -0.05) is 15.9 Å². The molecule has 0 atom stereocenters. The number of aromatic amines is 1. The van der Waals surface area contributed by atoms with E-state index in [2.05, 4.69) is 32.3 Å². The predicted molar refractivity (Wildman–Crippen MR) is 82.2 cm³/mol. The van der Waals surface area contributed by atoms with Crippen LogP contribution in [0.15, 0.2) is 22.3 Å². The van der Waals surface area contributed by atoms with E-state index in [-0.39, 0.29) is 5.97 Å². The summed E-state index contributed by atoms with van der Waals surface area (Å²) in [5.41, 5.74) is 3.64. The number of fused-ring (bicyclic) bond motifs is 3. The number of rotatable bonds is 2. The zero-order valence-corrected chi connectivity index (χ0v) is 12.9. The van der Waals surface area contributed by atoms with E-state index in [1.165, 1.54) is 0 Å². The van der Waals surface area contributed by atoms with Crippen molar-refractivity contribution in [3.63, 3.8) is 0 Å². The molecule has 0 amide bonds. The van der Waals surface area contributed by atoms with E-state index in [9.17, 15) is 10.1 Å². The van der Waals surface area contributed by atoms with E-state index in [4.69, 9.17) is 4.74 Å².